The molecule has 0 aliphatic heterocycles. The summed E-state index contributed by atoms with van der Waals surface area (Å²) in [6, 6.07) is 4.78. The third-order valence-corrected chi connectivity index (χ3v) is 4.27. The van der Waals surface area contributed by atoms with E-state index in [9.17, 15) is 9.59 Å². The van der Waals surface area contributed by atoms with Crippen molar-refractivity contribution in [2.45, 2.75) is 26.3 Å². The second-order valence-electron chi connectivity index (χ2n) is 5.44. The van der Waals surface area contributed by atoms with E-state index in [1.165, 1.54) is 22.2 Å². The minimum atomic E-state index is -0.495. The van der Waals surface area contributed by atoms with Crippen LogP contribution in [0.4, 0.5) is 0 Å². The van der Waals surface area contributed by atoms with Gasteiger partial charge in [0.2, 0.25) is 0 Å². The lowest BCUT2D eigenvalue weighted by Crippen LogP contribution is -2.22. The van der Waals surface area contributed by atoms with Crippen LogP contribution in [0.3, 0.4) is 0 Å². The smallest absolute Gasteiger partial charge is 0.266 e. The van der Waals surface area contributed by atoms with E-state index in [-0.39, 0.29) is 17.0 Å². The Hall–Kier alpha value is -2.79. The highest BCUT2D eigenvalue weighted by atomic mass is 32.1. The van der Waals surface area contributed by atoms with Crippen molar-refractivity contribution >= 4 is 22.4 Å². The normalized spacial score (nSPS) is 11.0. The third kappa shape index (κ3) is 2.66. The molecule has 7 nitrogen and oxygen atoms in total. The van der Waals surface area contributed by atoms with Crippen LogP contribution in [0, 0.1) is 11.3 Å². The van der Waals surface area contributed by atoms with Crippen LogP contribution in [0.2, 0.25) is 0 Å². The summed E-state index contributed by atoms with van der Waals surface area (Å²) in [6.45, 7) is 4.40. The van der Waals surface area contributed by atoms with Gasteiger partial charge in [-0.3, -0.25) is 9.59 Å². The lowest BCUT2D eigenvalue weighted by Gasteiger charge is -2.08. The molecule has 3 aromatic heterocycles. The van der Waals surface area contributed by atoms with Gasteiger partial charge in [-0.2, -0.15) is 5.26 Å². The number of fused-ring (bicyclic) bond motifs is 1. The Bertz CT molecular complexity index is 1040. The fourth-order valence-corrected chi connectivity index (χ4v) is 3.16. The number of nitriles is 1. The first-order valence-corrected chi connectivity index (χ1v) is 7.76. The van der Waals surface area contributed by atoms with Crippen LogP contribution >= 0.6 is 11.5 Å². The van der Waals surface area contributed by atoms with Crippen molar-refractivity contribution in [3.8, 4) is 6.07 Å². The van der Waals surface area contributed by atoms with Gasteiger partial charge in [-0.05, 0) is 29.6 Å². The van der Waals surface area contributed by atoms with E-state index in [2.05, 4.69) is 14.6 Å². The van der Waals surface area contributed by atoms with Gasteiger partial charge >= 0.3 is 0 Å². The Labute approximate surface area is 135 Å². The van der Waals surface area contributed by atoms with E-state index >= 15 is 0 Å². The molecular weight excluding hydrogens is 314 g/mol. The minimum absolute atomic E-state index is 0.0744. The Balaban J connectivity index is 2.13. The fourth-order valence-electron chi connectivity index (χ4n) is 2.37. The summed E-state index contributed by atoms with van der Waals surface area (Å²) in [5, 5.41) is 13.4. The number of rotatable bonds is 3. The molecule has 116 valence electrons. The monoisotopic (exact) mass is 327 g/mol. The number of nitrogens with one attached hydrogen (secondary N) is 1. The molecule has 0 radical (unpaired) electrons. The zero-order valence-corrected chi connectivity index (χ0v) is 13.3. The van der Waals surface area contributed by atoms with Crippen molar-refractivity contribution in [1.29, 1.82) is 5.26 Å². The average Bonchev–Trinajstić information content (AvgIpc) is 2.98. The summed E-state index contributed by atoms with van der Waals surface area (Å²) in [7, 11) is 0. The zero-order chi connectivity index (χ0) is 16.6. The van der Waals surface area contributed by atoms with Crippen molar-refractivity contribution in [3.05, 3.63) is 55.2 Å². The second kappa shape index (κ2) is 5.78. The molecule has 0 spiro atoms. The average molecular weight is 327 g/mol. The van der Waals surface area contributed by atoms with E-state index in [0.717, 1.165) is 10.6 Å². The quantitative estimate of drug-likeness (QED) is 0.786. The maximum atomic E-state index is 12.6. The van der Waals surface area contributed by atoms with Crippen LogP contribution in [-0.2, 0) is 6.54 Å². The molecule has 0 aliphatic carbocycles. The molecule has 1 N–H and O–H groups in total. The number of aromatic amines is 1. The molecule has 3 heterocycles. The van der Waals surface area contributed by atoms with Gasteiger partial charge in [0.1, 0.15) is 11.6 Å². The van der Waals surface area contributed by atoms with Crippen molar-refractivity contribution in [2.75, 3.05) is 0 Å². The van der Waals surface area contributed by atoms with E-state index in [4.69, 9.17) is 5.26 Å². The number of hydrogen-bond acceptors (Lipinski definition) is 6. The molecule has 0 amide bonds. The van der Waals surface area contributed by atoms with Crippen LogP contribution in [0.15, 0.2) is 27.9 Å². The van der Waals surface area contributed by atoms with Gasteiger partial charge in [-0.15, -0.1) is 5.10 Å². The van der Waals surface area contributed by atoms with Crippen molar-refractivity contribution < 1.29 is 0 Å². The van der Waals surface area contributed by atoms with Gasteiger partial charge in [0, 0.05) is 6.20 Å². The molecule has 23 heavy (non-hydrogen) atoms. The van der Waals surface area contributed by atoms with E-state index in [1.807, 2.05) is 13.8 Å². The molecule has 0 saturated heterocycles. The molecule has 0 saturated carbocycles. The zero-order valence-electron chi connectivity index (χ0n) is 12.5. The first kappa shape index (κ1) is 15.1. The van der Waals surface area contributed by atoms with Crippen molar-refractivity contribution in [1.82, 2.24) is 19.1 Å². The number of aromatic nitrogens is 4. The van der Waals surface area contributed by atoms with Gasteiger partial charge < -0.3 is 9.55 Å². The lowest BCUT2D eigenvalue weighted by atomic mass is 10.1. The van der Waals surface area contributed by atoms with Gasteiger partial charge in [-0.25, -0.2) is 0 Å². The Morgan fingerprint density at radius 1 is 1.43 bits per heavy atom. The molecule has 3 aromatic rings. The van der Waals surface area contributed by atoms with Gasteiger partial charge in [0.05, 0.1) is 28.0 Å². The number of hydrogen-bond donors (Lipinski definition) is 1. The Morgan fingerprint density at radius 2 is 2.22 bits per heavy atom. The van der Waals surface area contributed by atoms with Crippen molar-refractivity contribution in [2.24, 2.45) is 0 Å². The lowest BCUT2D eigenvalue weighted by molar-refractivity contribution is 0.738. The van der Waals surface area contributed by atoms with E-state index in [1.54, 1.807) is 18.3 Å². The topological polar surface area (TPSA) is 104 Å². The largest absolute Gasteiger partial charge is 0.321 e. The molecule has 0 unspecified atom stereocenters. The summed E-state index contributed by atoms with van der Waals surface area (Å²) >= 11 is 1.27. The minimum Gasteiger partial charge on any atom is -0.321 e. The molecule has 3 rings (SSSR count). The molecular formula is C15H13N5O2S. The molecule has 0 aromatic carbocycles. The number of nitrogens with zero attached hydrogens (tertiary/aromatic N) is 4. The first-order valence-electron chi connectivity index (χ1n) is 6.99. The standard InChI is InChI=1S/C15H13N5O2S/c1-8(2)13-12(23-19-18-13)7-20-4-3-11-10(15(20)22)5-9(6-16)14(21)17-11/h3-5,8H,7H2,1-2H3,(H,17,21). The van der Waals surface area contributed by atoms with Gasteiger partial charge in [-0.1, -0.05) is 18.3 Å². The predicted molar refractivity (Wildman–Crippen MR) is 86.6 cm³/mol. The third-order valence-electron chi connectivity index (χ3n) is 3.55. The Morgan fingerprint density at radius 3 is 2.91 bits per heavy atom. The number of pyridine rings is 2. The molecule has 0 aliphatic rings. The predicted octanol–water partition coefficient (Wildman–Crippen LogP) is 1.58. The van der Waals surface area contributed by atoms with E-state index < -0.39 is 5.56 Å². The van der Waals surface area contributed by atoms with Crippen molar-refractivity contribution in [3.63, 3.8) is 0 Å². The molecule has 8 heteroatoms. The van der Waals surface area contributed by atoms with E-state index in [0.29, 0.717) is 17.4 Å². The van der Waals surface area contributed by atoms with Gasteiger partial charge in [0.15, 0.2) is 0 Å². The molecule has 0 fully saturated rings. The van der Waals surface area contributed by atoms with Crippen LogP contribution < -0.4 is 11.1 Å². The summed E-state index contributed by atoms with van der Waals surface area (Å²) in [4.78, 5) is 27.7. The SMILES string of the molecule is CC(C)c1nnsc1Cn1ccc2[nH]c(=O)c(C#N)cc2c1=O. The summed E-state index contributed by atoms with van der Waals surface area (Å²) < 4.78 is 5.49. The Kier molecular flexibility index (Phi) is 3.80. The molecule has 0 bridgehead atoms. The maximum absolute atomic E-state index is 12.6. The fraction of sp³-hybridized carbons (Fsp3) is 0.267. The van der Waals surface area contributed by atoms with Crippen LogP contribution in [0.1, 0.15) is 35.9 Å². The second-order valence-corrected chi connectivity index (χ2v) is 6.27. The maximum Gasteiger partial charge on any atom is 0.266 e. The van der Waals surface area contributed by atoms with Crippen LogP contribution in [0.5, 0.6) is 0 Å². The summed E-state index contributed by atoms with van der Waals surface area (Å²) in [5.41, 5.74) is 0.460. The molecule has 0 atom stereocenters. The summed E-state index contributed by atoms with van der Waals surface area (Å²) in [6.07, 6.45) is 1.62. The highest BCUT2D eigenvalue weighted by molar-refractivity contribution is 7.05. The first-order chi connectivity index (χ1) is 11.0. The van der Waals surface area contributed by atoms with Crippen LogP contribution in [0.25, 0.3) is 10.9 Å². The highest BCUT2D eigenvalue weighted by Crippen LogP contribution is 2.20. The van der Waals surface area contributed by atoms with Gasteiger partial charge in [0.25, 0.3) is 11.1 Å². The highest BCUT2D eigenvalue weighted by Gasteiger charge is 2.14. The number of H-pyrrole nitrogens is 1. The van der Waals surface area contributed by atoms with Crippen LogP contribution in [-0.4, -0.2) is 19.1 Å². The summed E-state index contributed by atoms with van der Waals surface area (Å²) in [5.74, 6) is 0.224.